The van der Waals surface area contributed by atoms with E-state index in [1.54, 1.807) is 0 Å². The monoisotopic (exact) mass is 273 g/mol. The minimum atomic E-state index is 0.581. The number of aryl methyl sites for hydroxylation is 1. The van der Waals surface area contributed by atoms with E-state index in [1.807, 2.05) is 0 Å². The van der Waals surface area contributed by atoms with Crippen molar-refractivity contribution in [3.63, 3.8) is 0 Å². The number of hydrogen-bond acceptors (Lipinski definition) is 1. The van der Waals surface area contributed by atoms with Crippen LogP contribution in [0.25, 0.3) is 0 Å². The van der Waals surface area contributed by atoms with Crippen LogP contribution in [-0.4, -0.2) is 6.54 Å². The highest BCUT2D eigenvalue weighted by molar-refractivity contribution is 6.17. The molecule has 1 N–H and O–H groups in total. The van der Waals surface area contributed by atoms with Crippen molar-refractivity contribution in [2.24, 2.45) is 0 Å². The molecule has 2 aromatic rings. The number of unbranched alkanes of at least 4 members (excludes halogenated alkanes) is 1. The summed E-state index contributed by atoms with van der Waals surface area (Å²) in [6, 6.07) is 19.0. The minimum absolute atomic E-state index is 0.581. The molecule has 19 heavy (non-hydrogen) atoms. The Labute approximate surface area is 120 Å². The van der Waals surface area contributed by atoms with Crippen molar-refractivity contribution in [3.8, 4) is 0 Å². The zero-order chi connectivity index (χ0) is 13.3. The first-order valence-electron chi connectivity index (χ1n) is 6.81. The van der Waals surface area contributed by atoms with E-state index in [-0.39, 0.29) is 0 Å². The van der Waals surface area contributed by atoms with Gasteiger partial charge in [-0.25, -0.2) is 0 Å². The van der Waals surface area contributed by atoms with E-state index in [9.17, 15) is 0 Å². The summed E-state index contributed by atoms with van der Waals surface area (Å²) in [6.45, 7) is 1.02. The number of alkyl halides is 1. The van der Waals surface area contributed by atoms with Crippen LogP contribution in [0.2, 0.25) is 0 Å². The second kappa shape index (κ2) is 7.85. The van der Waals surface area contributed by atoms with E-state index in [4.69, 9.17) is 11.6 Å². The summed E-state index contributed by atoms with van der Waals surface area (Å²) >= 11 is 5.76. The molecule has 0 heterocycles. The molecule has 0 fully saturated rings. The van der Waals surface area contributed by atoms with Gasteiger partial charge in [0, 0.05) is 18.1 Å². The fourth-order valence-electron chi connectivity index (χ4n) is 2.04. The van der Waals surface area contributed by atoms with Gasteiger partial charge in [-0.1, -0.05) is 42.5 Å². The molecule has 0 aliphatic rings. The van der Waals surface area contributed by atoms with Gasteiger partial charge in [-0.2, -0.15) is 0 Å². The Hall–Kier alpha value is -1.47. The highest BCUT2D eigenvalue weighted by Gasteiger charge is 1.95. The van der Waals surface area contributed by atoms with Crippen LogP contribution >= 0.6 is 11.6 Å². The van der Waals surface area contributed by atoms with Gasteiger partial charge in [-0.15, -0.1) is 11.6 Å². The van der Waals surface area contributed by atoms with Crippen molar-refractivity contribution in [1.82, 2.24) is 0 Å². The third-order valence-corrected chi connectivity index (χ3v) is 3.48. The molecule has 0 radical (unpaired) electrons. The van der Waals surface area contributed by atoms with E-state index >= 15 is 0 Å². The Morgan fingerprint density at radius 1 is 0.789 bits per heavy atom. The molecule has 2 aromatic carbocycles. The summed E-state index contributed by atoms with van der Waals surface area (Å²) < 4.78 is 0. The van der Waals surface area contributed by atoms with E-state index < -0.39 is 0 Å². The zero-order valence-corrected chi connectivity index (χ0v) is 11.9. The summed E-state index contributed by atoms with van der Waals surface area (Å²) in [5.41, 5.74) is 3.76. The number of rotatable bonds is 7. The summed E-state index contributed by atoms with van der Waals surface area (Å²) in [5, 5.41) is 3.44. The molecule has 0 aliphatic carbocycles. The Kier molecular flexibility index (Phi) is 5.77. The van der Waals surface area contributed by atoms with Crippen LogP contribution in [0.4, 0.5) is 5.69 Å². The first kappa shape index (κ1) is 14.0. The number of hydrogen-bond donors (Lipinski definition) is 1. The van der Waals surface area contributed by atoms with Gasteiger partial charge in [0.25, 0.3) is 0 Å². The number of nitrogens with one attached hydrogen (secondary N) is 1. The maximum Gasteiger partial charge on any atom is 0.0474 e. The average Bonchev–Trinajstić information content (AvgIpc) is 2.49. The van der Waals surface area contributed by atoms with Crippen LogP contribution < -0.4 is 5.32 Å². The van der Waals surface area contributed by atoms with E-state index in [2.05, 4.69) is 59.9 Å². The first-order chi connectivity index (χ1) is 9.38. The molecule has 0 atom stereocenters. The molecule has 0 bridgehead atoms. The predicted molar refractivity (Wildman–Crippen MR) is 83.9 cm³/mol. The molecule has 100 valence electrons. The molecule has 2 rings (SSSR count). The van der Waals surface area contributed by atoms with E-state index in [0.29, 0.717) is 5.88 Å². The van der Waals surface area contributed by atoms with E-state index in [1.165, 1.54) is 24.1 Å². The molecule has 2 heteroatoms. The second-order valence-electron chi connectivity index (χ2n) is 4.70. The molecule has 0 aliphatic heterocycles. The van der Waals surface area contributed by atoms with Crippen molar-refractivity contribution in [1.29, 1.82) is 0 Å². The van der Waals surface area contributed by atoms with Crippen molar-refractivity contribution in [3.05, 3.63) is 65.7 Å². The lowest BCUT2D eigenvalue weighted by Crippen LogP contribution is -2.02. The summed E-state index contributed by atoms with van der Waals surface area (Å²) in [4.78, 5) is 0. The van der Waals surface area contributed by atoms with Crippen molar-refractivity contribution in [2.75, 3.05) is 11.9 Å². The molecule has 0 unspecified atom stereocenters. The Balaban J connectivity index is 1.63. The van der Waals surface area contributed by atoms with Gasteiger partial charge >= 0.3 is 0 Å². The highest BCUT2D eigenvalue weighted by atomic mass is 35.5. The molecule has 0 aromatic heterocycles. The largest absolute Gasteiger partial charge is 0.385 e. The third-order valence-electron chi connectivity index (χ3n) is 3.17. The molecule has 0 amide bonds. The number of anilines is 1. The van der Waals surface area contributed by atoms with Gasteiger partial charge in [-0.05, 0) is 42.5 Å². The topological polar surface area (TPSA) is 12.0 Å². The number of halogens is 1. The van der Waals surface area contributed by atoms with Crippen LogP contribution in [0.1, 0.15) is 24.0 Å². The zero-order valence-electron chi connectivity index (χ0n) is 11.1. The van der Waals surface area contributed by atoms with Gasteiger partial charge < -0.3 is 5.32 Å². The standard InChI is InChI=1S/C17H20ClN/c18-14-16-9-11-17(12-10-16)19-13-5-4-8-15-6-2-1-3-7-15/h1-3,6-7,9-12,19H,4-5,8,13-14H2. The Bertz CT molecular complexity index is 464. The smallest absolute Gasteiger partial charge is 0.0474 e. The maximum absolute atomic E-state index is 5.76. The van der Waals surface area contributed by atoms with Gasteiger partial charge in [0.2, 0.25) is 0 Å². The fourth-order valence-corrected chi connectivity index (χ4v) is 2.22. The van der Waals surface area contributed by atoms with Crippen LogP contribution in [0.3, 0.4) is 0 Å². The molecule has 1 nitrogen and oxygen atoms in total. The second-order valence-corrected chi connectivity index (χ2v) is 4.97. The van der Waals surface area contributed by atoms with Crippen LogP contribution in [0, 0.1) is 0 Å². The maximum atomic E-state index is 5.76. The minimum Gasteiger partial charge on any atom is -0.385 e. The summed E-state index contributed by atoms with van der Waals surface area (Å²) in [5.74, 6) is 0.581. The molecule has 0 saturated heterocycles. The lowest BCUT2D eigenvalue weighted by molar-refractivity contribution is 0.763. The molecular formula is C17H20ClN. The molecule has 0 spiro atoms. The SMILES string of the molecule is ClCc1ccc(NCCCCc2ccccc2)cc1. The lowest BCUT2D eigenvalue weighted by atomic mass is 10.1. The normalized spacial score (nSPS) is 10.4. The van der Waals surface area contributed by atoms with Gasteiger partial charge in [0.1, 0.15) is 0 Å². The summed E-state index contributed by atoms with van der Waals surface area (Å²) in [6.07, 6.45) is 3.57. The van der Waals surface area contributed by atoms with Crippen LogP contribution in [0.5, 0.6) is 0 Å². The Morgan fingerprint density at radius 3 is 2.21 bits per heavy atom. The van der Waals surface area contributed by atoms with Crippen LogP contribution in [-0.2, 0) is 12.3 Å². The lowest BCUT2D eigenvalue weighted by Gasteiger charge is -2.07. The average molecular weight is 274 g/mol. The van der Waals surface area contributed by atoms with Crippen molar-refractivity contribution < 1.29 is 0 Å². The van der Waals surface area contributed by atoms with Crippen molar-refractivity contribution >= 4 is 17.3 Å². The number of benzene rings is 2. The third kappa shape index (κ3) is 4.96. The Morgan fingerprint density at radius 2 is 1.53 bits per heavy atom. The highest BCUT2D eigenvalue weighted by Crippen LogP contribution is 2.11. The predicted octanol–water partition coefficient (Wildman–Crippen LogP) is 4.86. The quantitative estimate of drug-likeness (QED) is 0.561. The van der Waals surface area contributed by atoms with Crippen molar-refractivity contribution in [2.45, 2.75) is 25.1 Å². The van der Waals surface area contributed by atoms with E-state index in [0.717, 1.165) is 18.5 Å². The molecule has 0 saturated carbocycles. The van der Waals surface area contributed by atoms with Crippen LogP contribution in [0.15, 0.2) is 54.6 Å². The first-order valence-corrected chi connectivity index (χ1v) is 7.34. The van der Waals surface area contributed by atoms with Gasteiger partial charge in [0.05, 0.1) is 0 Å². The molecular weight excluding hydrogens is 254 g/mol. The van der Waals surface area contributed by atoms with Gasteiger partial charge in [-0.3, -0.25) is 0 Å². The van der Waals surface area contributed by atoms with Gasteiger partial charge in [0.15, 0.2) is 0 Å². The fraction of sp³-hybridized carbons (Fsp3) is 0.294. The summed E-state index contributed by atoms with van der Waals surface area (Å²) in [7, 11) is 0.